The summed E-state index contributed by atoms with van der Waals surface area (Å²) < 4.78 is 0. The van der Waals surface area contributed by atoms with E-state index in [2.05, 4.69) is 20.3 Å². The summed E-state index contributed by atoms with van der Waals surface area (Å²) >= 11 is 0. The number of likely N-dealkylation sites (tertiary alicyclic amines) is 1. The van der Waals surface area contributed by atoms with E-state index in [0.717, 1.165) is 11.9 Å². The van der Waals surface area contributed by atoms with Crippen LogP contribution in [0.3, 0.4) is 0 Å². The maximum atomic E-state index is 12.6. The molecule has 0 radical (unpaired) electrons. The molecule has 108 valence electrons. The van der Waals surface area contributed by atoms with Crippen LogP contribution >= 0.6 is 0 Å². The van der Waals surface area contributed by atoms with E-state index < -0.39 is 0 Å². The second kappa shape index (κ2) is 4.28. The maximum Gasteiger partial charge on any atom is 0.272 e. The minimum absolute atomic E-state index is 0.0802. The predicted molar refractivity (Wildman–Crippen MR) is 74.5 cm³/mol. The van der Waals surface area contributed by atoms with Crippen molar-refractivity contribution in [3.05, 3.63) is 24.2 Å². The molecule has 2 fully saturated rings. The van der Waals surface area contributed by atoms with E-state index in [9.17, 15) is 9.59 Å². The zero-order valence-corrected chi connectivity index (χ0v) is 11.4. The van der Waals surface area contributed by atoms with Crippen LogP contribution in [0.5, 0.6) is 0 Å². The fraction of sp³-hybridized carbons (Fsp3) is 0.429. The summed E-state index contributed by atoms with van der Waals surface area (Å²) in [7, 11) is 0. The minimum atomic E-state index is -0.0869. The fourth-order valence-corrected chi connectivity index (χ4v) is 3.25. The van der Waals surface area contributed by atoms with E-state index in [-0.39, 0.29) is 17.2 Å². The monoisotopic (exact) mass is 285 g/mol. The molecule has 1 atom stereocenters. The molecule has 4 rings (SSSR count). The summed E-state index contributed by atoms with van der Waals surface area (Å²) in [6, 6.07) is 3.53. The Labute approximate surface area is 120 Å². The first-order valence-electron chi connectivity index (χ1n) is 7.01. The van der Waals surface area contributed by atoms with Gasteiger partial charge in [0.15, 0.2) is 5.65 Å². The first-order valence-corrected chi connectivity index (χ1v) is 7.01. The molecule has 2 aromatic heterocycles. The van der Waals surface area contributed by atoms with Crippen molar-refractivity contribution in [3.63, 3.8) is 0 Å². The number of H-pyrrole nitrogens is 1. The lowest BCUT2D eigenvalue weighted by Gasteiger charge is -2.21. The van der Waals surface area contributed by atoms with Crippen molar-refractivity contribution in [1.82, 2.24) is 25.2 Å². The summed E-state index contributed by atoms with van der Waals surface area (Å²) in [5, 5.41) is 2.87. The lowest BCUT2D eigenvalue weighted by molar-refractivity contribution is -0.119. The number of imidazole rings is 1. The molecule has 2 aromatic rings. The van der Waals surface area contributed by atoms with Crippen LogP contribution in [0.2, 0.25) is 0 Å². The van der Waals surface area contributed by atoms with Gasteiger partial charge < -0.3 is 15.2 Å². The quantitative estimate of drug-likeness (QED) is 0.789. The van der Waals surface area contributed by atoms with E-state index in [1.54, 1.807) is 17.3 Å². The van der Waals surface area contributed by atoms with Crippen LogP contribution in [0, 0.1) is 5.41 Å². The zero-order valence-electron chi connectivity index (χ0n) is 11.4. The molecule has 2 N–H and O–H groups in total. The average molecular weight is 285 g/mol. The van der Waals surface area contributed by atoms with Gasteiger partial charge in [0.25, 0.3) is 5.91 Å². The summed E-state index contributed by atoms with van der Waals surface area (Å²) in [6.07, 6.45) is 2.94. The molecule has 7 heteroatoms. The van der Waals surface area contributed by atoms with Gasteiger partial charge in [-0.1, -0.05) is 0 Å². The second-order valence-corrected chi connectivity index (χ2v) is 5.90. The van der Waals surface area contributed by atoms with Gasteiger partial charge in [-0.25, -0.2) is 9.97 Å². The largest absolute Gasteiger partial charge is 0.355 e. The predicted octanol–water partition coefficient (Wildman–Crippen LogP) is 0.310. The third kappa shape index (κ3) is 1.96. The van der Waals surface area contributed by atoms with Crippen LogP contribution in [0.4, 0.5) is 0 Å². The van der Waals surface area contributed by atoms with Gasteiger partial charge in [0.2, 0.25) is 5.91 Å². The highest BCUT2D eigenvalue weighted by Crippen LogP contribution is 2.36. The normalized spacial score (nSPS) is 25.0. The van der Waals surface area contributed by atoms with Crippen molar-refractivity contribution in [2.45, 2.75) is 12.8 Å². The van der Waals surface area contributed by atoms with Gasteiger partial charge in [0.1, 0.15) is 5.69 Å². The molecule has 2 aliphatic rings. The Bertz CT molecular complexity index is 740. The van der Waals surface area contributed by atoms with Gasteiger partial charge in [-0.15, -0.1) is 0 Å². The molecule has 0 aromatic carbocycles. The molecule has 1 unspecified atom stereocenters. The Hall–Kier alpha value is -2.44. The van der Waals surface area contributed by atoms with Crippen LogP contribution < -0.4 is 5.32 Å². The van der Waals surface area contributed by atoms with E-state index >= 15 is 0 Å². The SMILES string of the molecule is O=C1CC2(CCN(C(=O)c3ccc4[nH]cnc4n3)C2)CN1. The highest BCUT2D eigenvalue weighted by atomic mass is 16.2. The van der Waals surface area contributed by atoms with Crippen molar-refractivity contribution in [2.75, 3.05) is 19.6 Å². The highest BCUT2D eigenvalue weighted by molar-refractivity contribution is 5.94. The van der Waals surface area contributed by atoms with Crippen molar-refractivity contribution in [1.29, 1.82) is 0 Å². The Morgan fingerprint density at radius 1 is 1.38 bits per heavy atom. The number of nitrogens with zero attached hydrogens (tertiary/aromatic N) is 3. The van der Waals surface area contributed by atoms with E-state index in [1.807, 2.05) is 6.07 Å². The molecule has 2 saturated heterocycles. The molecule has 0 bridgehead atoms. The van der Waals surface area contributed by atoms with Crippen molar-refractivity contribution in [2.24, 2.45) is 5.41 Å². The Balaban J connectivity index is 1.56. The summed E-state index contributed by atoms with van der Waals surface area (Å²) in [4.78, 5) is 37.1. The van der Waals surface area contributed by atoms with Gasteiger partial charge in [0.05, 0.1) is 11.8 Å². The number of carbonyl (C=O) groups is 2. The van der Waals surface area contributed by atoms with Crippen molar-refractivity contribution < 1.29 is 9.59 Å². The smallest absolute Gasteiger partial charge is 0.272 e. The molecule has 1 spiro atoms. The van der Waals surface area contributed by atoms with Gasteiger partial charge >= 0.3 is 0 Å². The molecule has 0 saturated carbocycles. The minimum Gasteiger partial charge on any atom is -0.355 e. The van der Waals surface area contributed by atoms with Crippen molar-refractivity contribution >= 4 is 23.0 Å². The molecule has 7 nitrogen and oxygen atoms in total. The van der Waals surface area contributed by atoms with Gasteiger partial charge in [-0.2, -0.15) is 0 Å². The Morgan fingerprint density at radius 3 is 3.10 bits per heavy atom. The fourth-order valence-electron chi connectivity index (χ4n) is 3.25. The summed E-state index contributed by atoms with van der Waals surface area (Å²) in [5.41, 5.74) is 1.69. The number of hydrogen-bond acceptors (Lipinski definition) is 4. The van der Waals surface area contributed by atoms with E-state index in [1.165, 1.54) is 0 Å². The van der Waals surface area contributed by atoms with Gasteiger partial charge in [-0.3, -0.25) is 9.59 Å². The molecule has 0 aliphatic carbocycles. The standard InChI is InChI=1S/C14H15N5O2/c20-11-5-14(6-15-11)3-4-19(7-14)13(21)10-2-1-9-12(18-10)17-8-16-9/h1-2,8H,3-7H2,(H,15,20)(H,16,17,18). The van der Waals surface area contributed by atoms with E-state index in [0.29, 0.717) is 37.4 Å². The van der Waals surface area contributed by atoms with Crippen LogP contribution in [0.25, 0.3) is 11.2 Å². The number of rotatable bonds is 1. The topological polar surface area (TPSA) is 91.0 Å². The van der Waals surface area contributed by atoms with Crippen LogP contribution in [0.15, 0.2) is 18.5 Å². The number of amides is 2. The van der Waals surface area contributed by atoms with Crippen LogP contribution in [-0.2, 0) is 4.79 Å². The third-order valence-electron chi connectivity index (χ3n) is 4.42. The number of hydrogen-bond donors (Lipinski definition) is 2. The van der Waals surface area contributed by atoms with Gasteiger partial charge in [-0.05, 0) is 18.6 Å². The molecular formula is C14H15N5O2. The van der Waals surface area contributed by atoms with Crippen LogP contribution in [0.1, 0.15) is 23.3 Å². The van der Waals surface area contributed by atoms with E-state index in [4.69, 9.17) is 0 Å². The lowest BCUT2D eigenvalue weighted by atomic mass is 9.86. The first-order chi connectivity index (χ1) is 10.2. The maximum absolute atomic E-state index is 12.6. The zero-order chi connectivity index (χ0) is 14.4. The number of pyridine rings is 1. The molecule has 21 heavy (non-hydrogen) atoms. The van der Waals surface area contributed by atoms with Crippen molar-refractivity contribution in [3.8, 4) is 0 Å². The second-order valence-electron chi connectivity index (χ2n) is 5.90. The average Bonchev–Trinajstić information content (AvgIpc) is 3.19. The molecular weight excluding hydrogens is 270 g/mol. The number of fused-ring (bicyclic) bond motifs is 1. The van der Waals surface area contributed by atoms with Gasteiger partial charge in [0, 0.05) is 31.5 Å². The molecule has 4 heterocycles. The number of carbonyl (C=O) groups excluding carboxylic acids is 2. The highest BCUT2D eigenvalue weighted by Gasteiger charge is 2.45. The van der Waals surface area contributed by atoms with Crippen LogP contribution in [-0.4, -0.2) is 51.3 Å². The number of aromatic nitrogens is 3. The number of aromatic amines is 1. The third-order valence-corrected chi connectivity index (χ3v) is 4.42. The summed E-state index contributed by atoms with van der Waals surface area (Å²) in [6.45, 7) is 1.96. The molecule has 2 amide bonds. The first kappa shape index (κ1) is 12.3. The summed E-state index contributed by atoms with van der Waals surface area (Å²) in [5.74, 6) is -0.00325. The Morgan fingerprint density at radius 2 is 2.29 bits per heavy atom. The number of nitrogens with one attached hydrogen (secondary N) is 2. The Kier molecular flexibility index (Phi) is 2.51. The molecule has 2 aliphatic heterocycles. The lowest BCUT2D eigenvalue weighted by Crippen LogP contribution is -2.33.